The van der Waals surface area contributed by atoms with Gasteiger partial charge in [0, 0.05) is 12.6 Å². The van der Waals surface area contributed by atoms with E-state index in [0.29, 0.717) is 32.5 Å². The molecule has 0 amide bonds. The smallest absolute Gasteiger partial charge is 0.312 e. The number of rotatable bonds is 5. The third kappa shape index (κ3) is 4.97. The van der Waals surface area contributed by atoms with Gasteiger partial charge in [0.1, 0.15) is 0 Å². The Morgan fingerprint density at radius 3 is 2.62 bits per heavy atom. The summed E-state index contributed by atoms with van der Waals surface area (Å²) >= 11 is 0. The second-order valence-corrected chi connectivity index (χ2v) is 5.49. The predicted molar refractivity (Wildman–Crippen MR) is 73.9 cm³/mol. The maximum absolute atomic E-state index is 13.2. The predicted octanol–water partition coefficient (Wildman–Crippen LogP) is 2.79. The number of hydrogen-bond donors (Lipinski definition) is 1. The molecule has 2 rings (SSSR count). The summed E-state index contributed by atoms with van der Waals surface area (Å²) in [7, 11) is 0. The fourth-order valence-corrected chi connectivity index (χ4v) is 2.62. The zero-order chi connectivity index (χ0) is 15.3. The molecule has 21 heavy (non-hydrogen) atoms. The van der Waals surface area contributed by atoms with Gasteiger partial charge in [-0.3, -0.25) is 4.90 Å². The lowest BCUT2D eigenvalue weighted by Gasteiger charge is -2.28. The Bertz CT molecular complexity index is 425. The first-order valence-electron chi connectivity index (χ1n) is 7.13. The van der Waals surface area contributed by atoms with Crippen molar-refractivity contribution in [1.29, 1.82) is 0 Å². The van der Waals surface area contributed by atoms with Gasteiger partial charge < -0.3 is 5.32 Å². The van der Waals surface area contributed by atoms with Crippen molar-refractivity contribution in [3.8, 4) is 0 Å². The number of hydrogen-bond acceptors (Lipinski definition) is 2. The van der Waals surface area contributed by atoms with Crippen LogP contribution < -0.4 is 5.32 Å². The van der Waals surface area contributed by atoms with Gasteiger partial charge in [-0.2, -0.15) is 8.78 Å². The van der Waals surface area contributed by atoms with Crippen molar-refractivity contribution in [1.82, 2.24) is 10.2 Å². The average molecular weight is 304 g/mol. The van der Waals surface area contributed by atoms with Gasteiger partial charge in [-0.15, -0.1) is 0 Å². The van der Waals surface area contributed by atoms with Gasteiger partial charge in [-0.05, 0) is 31.5 Å². The number of nitrogens with one attached hydrogen (secondary N) is 1. The van der Waals surface area contributed by atoms with E-state index < -0.39 is 18.9 Å². The topological polar surface area (TPSA) is 15.3 Å². The SMILES string of the molecule is FC(F)C(F)(F)CN1CCCNC(Cc2ccccc2)C1. The molecule has 1 aliphatic rings. The van der Waals surface area contributed by atoms with Crippen molar-refractivity contribution in [3.05, 3.63) is 35.9 Å². The Hall–Kier alpha value is -1.14. The molecular weight excluding hydrogens is 284 g/mol. The van der Waals surface area contributed by atoms with Crippen LogP contribution in [0.15, 0.2) is 30.3 Å². The minimum Gasteiger partial charge on any atom is -0.312 e. The van der Waals surface area contributed by atoms with E-state index in [1.807, 2.05) is 30.3 Å². The van der Waals surface area contributed by atoms with E-state index in [-0.39, 0.29) is 6.04 Å². The molecule has 1 unspecified atom stereocenters. The first-order valence-corrected chi connectivity index (χ1v) is 7.13. The molecular formula is C15H20F4N2. The molecule has 0 aromatic heterocycles. The van der Waals surface area contributed by atoms with E-state index in [1.54, 1.807) is 0 Å². The van der Waals surface area contributed by atoms with E-state index >= 15 is 0 Å². The first-order chi connectivity index (χ1) is 9.97. The summed E-state index contributed by atoms with van der Waals surface area (Å²) in [4.78, 5) is 1.44. The molecule has 0 saturated carbocycles. The molecule has 1 heterocycles. The summed E-state index contributed by atoms with van der Waals surface area (Å²) < 4.78 is 51.1. The second-order valence-electron chi connectivity index (χ2n) is 5.49. The van der Waals surface area contributed by atoms with Crippen molar-refractivity contribution >= 4 is 0 Å². The van der Waals surface area contributed by atoms with Gasteiger partial charge in [-0.25, -0.2) is 8.78 Å². The molecule has 1 saturated heterocycles. The van der Waals surface area contributed by atoms with Crippen LogP contribution in [-0.2, 0) is 6.42 Å². The van der Waals surface area contributed by atoms with Crippen LogP contribution >= 0.6 is 0 Å². The standard InChI is InChI=1S/C15H20F4N2/c16-14(17)15(18,19)11-21-8-4-7-20-13(10-21)9-12-5-2-1-3-6-12/h1-3,5-6,13-14,20H,4,7-11H2. The molecule has 0 bridgehead atoms. The summed E-state index contributed by atoms with van der Waals surface area (Å²) in [6, 6.07) is 9.72. The monoisotopic (exact) mass is 304 g/mol. The van der Waals surface area contributed by atoms with Crippen molar-refractivity contribution in [2.24, 2.45) is 0 Å². The van der Waals surface area contributed by atoms with Crippen LogP contribution in [0.4, 0.5) is 17.6 Å². The van der Waals surface area contributed by atoms with Crippen LogP contribution in [0.3, 0.4) is 0 Å². The highest BCUT2D eigenvalue weighted by Gasteiger charge is 2.42. The highest BCUT2D eigenvalue weighted by molar-refractivity contribution is 5.16. The van der Waals surface area contributed by atoms with E-state index in [9.17, 15) is 17.6 Å². The highest BCUT2D eigenvalue weighted by Crippen LogP contribution is 2.24. The number of nitrogens with zero attached hydrogens (tertiary/aromatic N) is 1. The summed E-state index contributed by atoms with van der Waals surface area (Å²) in [6.07, 6.45) is -2.22. The lowest BCUT2D eigenvalue weighted by Crippen LogP contribution is -2.46. The summed E-state index contributed by atoms with van der Waals surface area (Å²) in [5.74, 6) is -3.94. The van der Waals surface area contributed by atoms with Crippen LogP contribution in [0, 0.1) is 0 Å². The summed E-state index contributed by atoms with van der Waals surface area (Å²) in [6.45, 7) is 0.615. The lowest BCUT2D eigenvalue weighted by molar-refractivity contribution is -0.142. The fourth-order valence-electron chi connectivity index (χ4n) is 2.62. The van der Waals surface area contributed by atoms with Crippen LogP contribution in [0.2, 0.25) is 0 Å². The molecule has 0 spiro atoms. The third-order valence-electron chi connectivity index (χ3n) is 3.64. The molecule has 6 heteroatoms. The normalized spacial score (nSPS) is 21.5. The highest BCUT2D eigenvalue weighted by atomic mass is 19.3. The van der Waals surface area contributed by atoms with E-state index in [0.717, 1.165) is 5.56 Å². The molecule has 1 aromatic rings. The number of benzene rings is 1. The van der Waals surface area contributed by atoms with Gasteiger partial charge in [-0.1, -0.05) is 30.3 Å². The maximum Gasteiger partial charge on any atom is 0.319 e. The zero-order valence-electron chi connectivity index (χ0n) is 11.7. The van der Waals surface area contributed by atoms with Crippen LogP contribution in [0.25, 0.3) is 0 Å². The Kier molecular flexibility index (Phi) is 5.58. The molecule has 1 N–H and O–H groups in total. The lowest BCUT2D eigenvalue weighted by atomic mass is 10.1. The molecule has 118 valence electrons. The summed E-state index contributed by atoms with van der Waals surface area (Å²) in [5, 5.41) is 3.30. The first kappa shape index (κ1) is 16.2. The number of alkyl halides is 4. The number of halogens is 4. The van der Waals surface area contributed by atoms with Crippen LogP contribution in [-0.4, -0.2) is 49.5 Å². The third-order valence-corrected chi connectivity index (χ3v) is 3.64. The summed E-state index contributed by atoms with van der Waals surface area (Å²) in [5.41, 5.74) is 1.11. The molecule has 1 fully saturated rings. The van der Waals surface area contributed by atoms with Gasteiger partial charge in [0.25, 0.3) is 0 Å². The quantitative estimate of drug-likeness (QED) is 0.842. The van der Waals surface area contributed by atoms with Crippen molar-refractivity contribution in [3.63, 3.8) is 0 Å². The van der Waals surface area contributed by atoms with E-state index in [1.165, 1.54) is 4.90 Å². The molecule has 1 aliphatic heterocycles. The van der Waals surface area contributed by atoms with Crippen molar-refractivity contribution < 1.29 is 17.6 Å². The largest absolute Gasteiger partial charge is 0.319 e. The molecule has 0 radical (unpaired) electrons. The van der Waals surface area contributed by atoms with Gasteiger partial charge in [0.2, 0.25) is 0 Å². The van der Waals surface area contributed by atoms with Crippen LogP contribution in [0.5, 0.6) is 0 Å². The van der Waals surface area contributed by atoms with E-state index in [4.69, 9.17) is 0 Å². The van der Waals surface area contributed by atoms with Crippen molar-refractivity contribution in [2.75, 3.05) is 26.2 Å². The van der Waals surface area contributed by atoms with Gasteiger partial charge >= 0.3 is 12.3 Å². The van der Waals surface area contributed by atoms with E-state index in [2.05, 4.69) is 5.32 Å². The minimum absolute atomic E-state index is 0.00312. The Balaban J connectivity index is 1.95. The van der Waals surface area contributed by atoms with Crippen LogP contribution in [0.1, 0.15) is 12.0 Å². The van der Waals surface area contributed by atoms with Crippen molar-refractivity contribution in [2.45, 2.75) is 31.2 Å². The Morgan fingerprint density at radius 2 is 1.95 bits per heavy atom. The second kappa shape index (κ2) is 7.22. The van der Waals surface area contributed by atoms with Gasteiger partial charge in [0.15, 0.2) is 0 Å². The Morgan fingerprint density at radius 1 is 1.24 bits per heavy atom. The zero-order valence-corrected chi connectivity index (χ0v) is 11.7. The fraction of sp³-hybridized carbons (Fsp3) is 0.600. The average Bonchev–Trinajstić information content (AvgIpc) is 2.64. The maximum atomic E-state index is 13.2. The molecule has 1 aromatic carbocycles. The molecule has 0 aliphatic carbocycles. The minimum atomic E-state index is -3.94. The molecule has 1 atom stereocenters. The van der Waals surface area contributed by atoms with Gasteiger partial charge in [0.05, 0.1) is 6.54 Å². The Labute approximate surface area is 122 Å². The molecule has 2 nitrogen and oxygen atoms in total.